The number of aromatic nitrogens is 1. The van der Waals surface area contributed by atoms with Crippen LogP contribution in [0.15, 0.2) is 41.4 Å². The number of hydrogen-bond donors (Lipinski definition) is 2. The maximum atomic E-state index is 13.9. The van der Waals surface area contributed by atoms with Crippen molar-refractivity contribution in [2.24, 2.45) is 0 Å². The third kappa shape index (κ3) is 5.17. The number of sulfonamides is 1. The van der Waals surface area contributed by atoms with Crippen LogP contribution in [0.5, 0.6) is 11.6 Å². The first-order valence-electron chi connectivity index (χ1n) is 9.25. The minimum atomic E-state index is -5.01. The zero-order chi connectivity index (χ0) is 24.6. The van der Waals surface area contributed by atoms with Gasteiger partial charge in [0, 0.05) is 18.7 Å². The predicted octanol–water partition coefficient (Wildman–Crippen LogP) is 1.55. The van der Waals surface area contributed by atoms with Crippen molar-refractivity contribution in [3.05, 3.63) is 47.9 Å². The lowest BCUT2D eigenvalue weighted by Gasteiger charge is -2.31. The van der Waals surface area contributed by atoms with E-state index in [0.717, 1.165) is 22.5 Å². The van der Waals surface area contributed by atoms with Crippen LogP contribution < -0.4 is 9.47 Å². The molecule has 0 radical (unpaired) electrons. The van der Waals surface area contributed by atoms with E-state index in [4.69, 9.17) is 10.00 Å². The lowest BCUT2D eigenvalue weighted by atomic mass is 9.94. The molecule has 2 aromatic rings. The molecule has 1 fully saturated rings. The Morgan fingerprint density at radius 1 is 1.33 bits per heavy atom. The van der Waals surface area contributed by atoms with E-state index in [1.54, 1.807) is 6.07 Å². The summed E-state index contributed by atoms with van der Waals surface area (Å²) in [6.07, 6.45) is -7.18. The Morgan fingerprint density at radius 2 is 2.03 bits per heavy atom. The summed E-state index contributed by atoms with van der Waals surface area (Å²) in [4.78, 5) is 2.84. The van der Waals surface area contributed by atoms with Crippen LogP contribution in [0.4, 0.5) is 17.6 Å². The quantitative estimate of drug-likeness (QED) is 0.582. The van der Waals surface area contributed by atoms with E-state index in [9.17, 15) is 36.2 Å². The topological polar surface area (TPSA) is 133 Å². The Hall–Kier alpha value is -2.99. The second kappa shape index (κ2) is 8.75. The van der Waals surface area contributed by atoms with Crippen LogP contribution in [-0.4, -0.2) is 65.2 Å². The van der Waals surface area contributed by atoms with E-state index < -0.39 is 63.9 Å². The second-order valence-corrected chi connectivity index (χ2v) is 9.14. The van der Waals surface area contributed by atoms with Gasteiger partial charge in [-0.25, -0.2) is 17.8 Å². The van der Waals surface area contributed by atoms with Gasteiger partial charge in [-0.2, -0.15) is 9.57 Å². The highest BCUT2D eigenvalue weighted by Crippen LogP contribution is 2.33. The number of rotatable bonds is 6. The molecule has 2 N–H and O–H groups in total. The van der Waals surface area contributed by atoms with Crippen molar-refractivity contribution in [3.63, 3.8) is 0 Å². The van der Waals surface area contributed by atoms with Gasteiger partial charge in [-0.05, 0) is 25.1 Å². The molecule has 3 atom stereocenters. The smallest absolute Gasteiger partial charge is 0.486 e. The number of β-amino-alcohol motifs (C(OH)–C–C–N with tert-alkyl or cyclic N) is 1. The highest BCUT2D eigenvalue weighted by Gasteiger charge is 2.54. The van der Waals surface area contributed by atoms with Crippen LogP contribution in [0.3, 0.4) is 0 Å². The van der Waals surface area contributed by atoms with E-state index in [-0.39, 0.29) is 11.3 Å². The van der Waals surface area contributed by atoms with Crippen LogP contribution in [0, 0.1) is 17.1 Å². The molecule has 1 saturated heterocycles. The van der Waals surface area contributed by atoms with Crippen LogP contribution in [0.2, 0.25) is 0 Å². The van der Waals surface area contributed by atoms with Crippen LogP contribution in [0.1, 0.15) is 12.5 Å². The molecule has 0 aliphatic carbocycles. The van der Waals surface area contributed by atoms with Crippen molar-refractivity contribution in [3.8, 4) is 17.7 Å². The van der Waals surface area contributed by atoms with Gasteiger partial charge in [-0.15, -0.1) is 13.2 Å². The molecule has 0 saturated carbocycles. The van der Waals surface area contributed by atoms with E-state index in [1.165, 1.54) is 13.0 Å². The van der Waals surface area contributed by atoms with Crippen molar-refractivity contribution >= 4 is 10.0 Å². The summed E-state index contributed by atoms with van der Waals surface area (Å²) in [7, 11) is -4.38. The van der Waals surface area contributed by atoms with E-state index in [2.05, 4.69) is 9.72 Å². The van der Waals surface area contributed by atoms with Crippen molar-refractivity contribution in [2.75, 3.05) is 13.1 Å². The van der Waals surface area contributed by atoms with Gasteiger partial charge >= 0.3 is 6.36 Å². The summed E-state index contributed by atoms with van der Waals surface area (Å²) < 4.78 is 86.5. The average molecular weight is 491 g/mol. The molecular formula is C19H17F4N3O6S. The van der Waals surface area contributed by atoms with E-state index in [0.29, 0.717) is 12.3 Å². The molecule has 1 aliphatic rings. The third-order valence-corrected chi connectivity index (χ3v) is 6.78. The van der Waals surface area contributed by atoms with Gasteiger partial charge in [0.15, 0.2) is 0 Å². The summed E-state index contributed by atoms with van der Waals surface area (Å²) in [5.41, 5.74) is -2.36. The standard InChI is InChI=1S/C19H17F4N3O6S/c1-11(27)18(28)10-26(9-16(18)31-13-3-2-12(7-24)15(20)6-13)33(29,30)14-4-5-17(25-8-14)32-19(21,22)23/h2-6,8,11,16,27-28H,9-10H2,1H3/t11?,16-,18+/m0/s1. The number of halogens is 4. The van der Waals surface area contributed by atoms with Crippen LogP contribution in [-0.2, 0) is 10.0 Å². The lowest BCUT2D eigenvalue weighted by molar-refractivity contribution is -0.276. The molecule has 1 aromatic heterocycles. The Kier molecular flexibility index (Phi) is 6.53. The largest absolute Gasteiger partial charge is 0.574 e. The number of hydrogen-bond acceptors (Lipinski definition) is 8. The van der Waals surface area contributed by atoms with E-state index >= 15 is 0 Å². The number of aliphatic hydroxyl groups excluding tert-OH is 1. The minimum absolute atomic E-state index is 0.120. The van der Waals surface area contributed by atoms with Crippen molar-refractivity contribution in [2.45, 2.75) is 36.0 Å². The Morgan fingerprint density at radius 3 is 2.55 bits per heavy atom. The first kappa shape index (κ1) is 24.6. The highest BCUT2D eigenvalue weighted by molar-refractivity contribution is 7.89. The fourth-order valence-electron chi connectivity index (χ4n) is 3.19. The molecule has 0 bridgehead atoms. The van der Waals surface area contributed by atoms with Gasteiger partial charge in [0.05, 0.1) is 24.4 Å². The summed E-state index contributed by atoms with van der Waals surface area (Å²) in [5.74, 6) is -1.89. The van der Waals surface area contributed by atoms with Crippen molar-refractivity contribution in [1.82, 2.24) is 9.29 Å². The molecule has 1 aromatic carbocycles. The minimum Gasteiger partial charge on any atom is -0.486 e. The highest BCUT2D eigenvalue weighted by atomic mass is 32.2. The molecule has 33 heavy (non-hydrogen) atoms. The number of nitrogens with zero attached hydrogens (tertiary/aromatic N) is 3. The van der Waals surface area contributed by atoms with Gasteiger partial charge in [0.2, 0.25) is 15.9 Å². The first-order chi connectivity index (χ1) is 15.3. The Bertz CT molecular complexity index is 1170. The van der Waals surface area contributed by atoms with Crippen molar-refractivity contribution < 1.29 is 45.7 Å². The van der Waals surface area contributed by atoms with Gasteiger partial charge < -0.3 is 19.7 Å². The lowest BCUT2D eigenvalue weighted by Crippen LogP contribution is -2.53. The predicted molar refractivity (Wildman–Crippen MR) is 102 cm³/mol. The SMILES string of the molecule is CC(O)[C@]1(O)CN(S(=O)(=O)c2ccc(OC(F)(F)F)nc2)C[C@@H]1Oc1ccc(C#N)c(F)c1. The zero-order valence-corrected chi connectivity index (χ0v) is 17.6. The molecule has 1 aliphatic heterocycles. The third-order valence-electron chi connectivity index (χ3n) is 4.99. The van der Waals surface area contributed by atoms with Gasteiger partial charge in [0.1, 0.15) is 34.2 Å². The molecule has 2 heterocycles. The normalized spacial score (nSPS) is 22.5. The molecule has 14 heteroatoms. The summed E-state index contributed by atoms with van der Waals surface area (Å²) in [6.45, 7) is 0.0973. The fourth-order valence-corrected chi connectivity index (χ4v) is 4.62. The average Bonchev–Trinajstić information content (AvgIpc) is 3.06. The Balaban J connectivity index is 1.85. The summed E-state index contributed by atoms with van der Waals surface area (Å²) >= 11 is 0. The first-order valence-corrected chi connectivity index (χ1v) is 10.7. The maximum absolute atomic E-state index is 13.9. The van der Waals surface area contributed by atoms with Gasteiger partial charge in [-0.1, -0.05) is 0 Å². The fraction of sp³-hybridized carbons (Fsp3) is 0.368. The van der Waals surface area contributed by atoms with Crippen LogP contribution >= 0.6 is 0 Å². The number of pyridine rings is 1. The number of nitriles is 1. The number of benzene rings is 1. The summed E-state index contributed by atoms with van der Waals surface area (Å²) in [6, 6.07) is 6.43. The van der Waals surface area contributed by atoms with Gasteiger partial charge in [0.25, 0.3) is 0 Å². The molecule has 0 spiro atoms. The molecule has 9 nitrogen and oxygen atoms in total. The maximum Gasteiger partial charge on any atom is 0.574 e. The molecule has 1 unspecified atom stereocenters. The molecular weight excluding hydrogens is 474 g/mol. The second-order valence-electron chi connectivity index (χ2n) is 7.20. The number of alkyl halides is 3. The monoisotopic (exact) mass is 491 g/mol. The molecule has 3 rings (SSSR count). The van der Waals surface area contributed by atoms with Gasteiger partial charge in [-0.3, -0.25) is 0 Å². The molecule has 0 amide bonds. The van der Waals surface area contributed by atoms with Crippen molar-refractivity contribution in [1.29, 1.82) is 5.26 Å². The Labute approximate surface area is 185 Å². The number of ether oxygens (including phenoxy) is 2. The summed E-state index contributed by atoms with van der Waals surface area (Å²) in [5, 5.41) is 29.8. The molecule has 178 valence electrons. The van der Waals surface area contributed by atoms with E-state index in [1.807, 2.05) is 0 Å². The van der Waals surface area contributed by atoms with Crippen LogP contribution in [0.25, 0.3) is 0 Å². The zero-order valence-electron chi connectivity index (χ0n) is 16.8. The number of aliphatic hydroxyl groups is 2.